The lowest BCUT2D eigenvalue weighted by molar-refractivity contribution is 0.0926. The maximum absolute atomic E-state index is 13.6. The molecule has 2 aromatic carbocycles. The largest absolute Gasteiger partial charge is 0.493 e. The van der Waals surface area contributed by atoms with E-state index in [0.29, 0.717) is 30.7 Å². The number of nitrogens with zero attached hydrogens (tertiary/aromatic N) is 2. The summed E-state index contributed by atoms with van der Waals surface area (Å²) in [6.45, 7) is 8.65. The fraction of sp³-hybridized carbons (Fsp3) is 0.419. The van der Waals surface area contributed by atoms with Crippen molar-refractivity contribution in [3.8, 4) is 22.6 Å². The summed E-state index contributed by atoms with van der Waals surface area (Å²) in [6.07, 6.45) is 4.80. The van der Waals surface area contributed by atoms with Gasteiger partial charge in [0, 0.05) is 36.1 Å². The van der Waals surface area contributed by atoms with Crippen LogP contribution in [-0.2, 0) is 6.54 Å². The van der Waals surface area contributed by atoms with Gasteiger partial charge in [-0.15, -0.1) is 0 Å². The van der Waals surface area contributed by atoms with Crippen LogP contribution in [0.25, 0.3) is 11.1 Å². The highest BCUT2D eigenvalue weighted by Gasteiger charge is 2.44. The molecule has 1 aliphatic heterocycles. The molecule has 1 aromatic heterocycles. The summed E-state index contributed by atoms with van der Waals surface area (Å²) >= 11 is 0. The van der Waals surface area contributed by atoms with Crippen molar-refractivity contribution in [2.75, 3.05) is 19.8 Å². The molecule has 2 aliphatic rings. The number of nitrogens with one attached hydrogen (secondary N) is 1. The van der Waals surface area contributed by atoms with E-state index in [9.17, 15) is 9.18 Å². The number of halogens is 1. The first kappa shape index (κ1) is 26.2. The quantitative estimate of drug-likeness (QED) is 0.390. The molecule has 7 heteroatoms. The number of ether oxygens (including phenoxy) is 2. The number of carbonyl (C=O) groups is 1. The summed E-state index contributed by atoms with van der Waals surface area (Å²) < 4.78 is 25.7. The highest BCUT2D eigenvalue weighted by Crippen LogP contribution is 2.43. The average molecular weight is 518 g/mol. The van der Waals surface area contributed by atoms with Gasteiger partial charge in [0.2, 0.25) is 0 Å². The van der Waals surface area contributed by atoms with Gasteiger partial charge in [0.1, 0.15) is 17.3 Å². The predicted octanol–water partition coefficient (Wildman–Crippen LogP) is 5.78. The maximum atomic E-state index is 13.6. The smallest absolute Gasteiger partial charge is 0.251 e. The number of likely N-dealkylation sites (tertiary alicyclic amines) is 1. The average Bonchev–Trinajstić information content (AvgIpc) is 3.48. The molecule has 3 aromatic rings. The van der Waals surface area contributed by atoms with Gasteiger partial charge in [0.05, 0.1) is 18.8 Å². The van der Waals surface area contributed by atoms with Crippen LogP contribution in [0.3, 0.4) is 0 Å². The molecule has 38 heavy (non-hydrogen) atoms. The zero-order valence-electron chi connectivity index (χ0n) is 22.4. The Hall–Kier alpha value is -3.45. The minimum atomic E-state index is -0.271. The summed E-state index contributed by atoms with van der Waals surface area (Å²) in [5, 5.41) is 3.30. The number of hydrogen-bond donors (Lipinski definition) is 1. The van der Waals surface area contributed by atoms with E-state index in [1.165, 1.54) is 12.1 Å². The van der Waals surface area contributed by atoms with Gasteiger partial charge in [-0.3, -0.25) is 14.7 Å². The van der Waals surface area contributed by atoms with E-state index in [4.69, 9.17) is 9.47 Å². The number of fused-ring (bicyclic) bond motifs is 1. The molecule has 6 nitrogen and oxygen atoms in total. The van der Waals surface area contributed by atoms with Crippen molar-refractivity contribution < 1.29 is 18.7 Å². The molecule has 1 aliphatic carbocycles. The standard InChI is InChI=1S/C31H36FN3O3/c1-4-37-28-17-21(18-29(38-5-2)30(28)22-6-8-24(32)9-7-22)19-35-15-13-25-26(10-11-27(25)35)34-31(36)23-12-14-33-20(3)16-23/h6-9,12,14,16-18,25-27H,4-5,10-11,13,15,19H2,1-3H3,(H,34,36)/t25-,26?,27+/m0/s1. The zero-order valence-corrected chi connectivity index (χ0v) is 22.4. The topological polar surface area (TPSA) is 63.7 Å². The van der Waals surface area contributed by atoms with E-state index in [1.54, 1.807) is 24.4 Å². The molecule has 1 unspecified atom stereocenters. The zero-order chi connectivity index (χ0) is 26.6. The molecule has 1 amide bonds. The summed E-state index contributed by atoms with van der Waals surface area (Å²) in [5.41, 5.74) is 4.36. The molecule has 0 bridgehead atoms. The van der Waals surface area contributed by atoms with E-state index >= 15 is 0 Å². The lowest BCUT2D eigenvalue weighted by atomic mass is 9.99. The third-order valence-corrected chi connectivity index (χ3v) is 7.72. The summed E-state index contributed by atoms with van der Waals surface area (Å²) in [7, 11) is 0. The lowest BCUT2D eigenvalue weighted by Crippen LogP contribution is -2.39. The van der Waals surface area contributed by atoms with Crippen LogP contribution in [-0.4, -0.2) is 47.6 Å². The Kier molecular flexibility index (Phi) is 7.93. The summed E-state index contributed by atoms with van der Waals surface area (Å²) in [5.74, 6) is 1.66. The van der Waals surface area contributed by atoms with Crippen LogP contribution in [0.2, 0.25) is 0 Å². The minimum Gasteiger partial charge on any atom is -0.493 e. The number of hydrogen-bond acceptors (Lipinski definition) is 5. The second-order valence-corrected chi connectivity index (χ2v) is 10.2. The van der Waals surface area contributed by atoms with Crippen LogP contribution in [0.15, 0.2) is 54.7 Å². The SMILES string of the molecule is CCOc1cc(CN2CC[C@H]3C(NC(=O)c4ccnc(C)c4)CC[C@H]32)cc(OCC)c1-c1ccc(F)cc1. The monoisotopic (exact) mass is 517 g/mol. The molecular formula is C31H36FN3O3. The van der Waals surface area contributed by atoms with Crippen LogP contribution in [0.1, 0.15) is 54.7 Å². The van der Waals surface area contributed by atoms with Gasteiger partial charge < -0.3 is 14.8 Å². The number of pyridine rings is 1. The Balaban J connectivity index is 1.33. The Labute approximate surface area is 224 Å². The van der Waals surface area contributed by atoms with Gasteiger partial charge in [-0.2, -0.15) is 0 Å². The second kappa shape index (κ2) is 11.5. The molecular weight excluding hydrogens is 481 g/mol. The third-order valence-electron chi connectivity index (χ3n) is 7.72. The van der Waals surface area contributed by atoms with E-state index in [-0.39, 0.29) is 17.8 Å². The Morgan fingerprint density at radius 1 is 1.03 bits per heavy atom. The van der Waals surface area contributed by atoms with Crippen LogP contribution in [0, 0.1) is 18.7 Å². The summed E-state index contributed by atoms with van der Waals surface area (Å²) in [4.78, 5) is 19.6. The summed E-state index contributed by atoms with van der Waals surface area (Å²) in [6, 6.07) is 14.9. The molecule has 1 saturated heterocycles. The highest BCUT2D eigenvalue weighted by atomic mass is 19.1. The fourth-order valence-electron chi connectivity index (χ4n) is 6.10. The molecule has 1 N–H and O–H groups in total. The number of benzene rings is 2. The van der Waals surface area contributed by atoms with E-state index in [0.717, 1.165) is 66.2 Å². The number of amides is 1. The van der Waals surface area contributed by atoms with Gasteiger partial charge in [0.25, 0.3) is 5.91 Å². The predicted molar refractivity (Wildman–Crippen MR) is 146 cm³/mol. The van der Waals surface area contributed by atoms with Gasteiger partial charge in [-0.1, -0.05) is 12.1 Å². The van der Waals surface area contributed by atoms with Gasteiger partial charge in [-0.25, -0.2) is 4.39 Å². The first-order valence-corrected chi connectivity index (χ1v) is 13.6. The van der Waals surface area contributed by atoms with Crippen molar-refractivity contribution in [3.05, 3.63) is 77.4 Å². The number of aromatic nitrogens is 1. The van der Waals surface area contributed by atoms with Crippen molar-refractivity contribution in [1.29, 1.82) is 0 Å². The number of carbonyl (C=O) groups excluding carboxylic acids is 1. The van der Waals surface area contributed by atoms with E-state index in [1.807, 2.05) is 26.8 Å². The van der Waals surface area contributed by atoms with Gasteiger partial charge in [0.15, 0.2) is 0 Å². The molecule has 0 radical (unpaired) electrons. The van der Waals surface area contributed by atoms with Crippen LogP contribution in [0.4, 0.5) is 4.39 Å². The highest BCUT2D eigenvalue weighted by molar-refractivity contribution is 5.94. The third kappa shape index (κ3) is 5.53. The molecule has 2 fully saturated rings. The first-order valence-electron chi connectivity index (χ1n) is 13.6. The molecule has 5 rings (SSSR count). The lowest BCUT2D eigenvalue weighted by Gasteiger charge is -2.26. The van der Waals surface area contributed by atoms with Crippen molar-refractivity contribution in [3.63, 3.8) is 0 Å². The van der Waals surface area contributed by atoms with Crippen LogP contribution < -0.4 is 14.8 Å². The Morgan fingerprint density at radius 2 is 1.74 bits per heavy atom. The molecule has 1 saturated carbocycles. The number of aryl methyl sites for hydroxylation is 1. The van der Waals surface area contributed by atoms with Gasteiger partial charge >= 0.3 is 0 Å². The van der Waals surface area contributed by atoms with Crippen LogP contribution >= 0.6 is 0 Å². The fourth-order valence-corrected chi connectivity index (χ4v) is 6.10. The molecule has 200 valence electrons. The van der Waals surface area contributed by atoms with Crippen LogP contribution in [0.5, 0.6) is 11.5 Å². The molecule has 3 atom stereocenters. The Morgan fingerprint density at radius 3 is 2.39 bits per heavy atom. The van der Waals surface area contributed by atoms with E-state index < -0.39 is 0 Å². The van der Waals surface area contributed by atoms with Gasteiger partial charge in [-0.05, 0) is 100 Å². The second-order valence-electron chi connectivity index (χ2n) is 10.2. The first-order chi connectivity index (χ1) is 18.5. The van der Waals surface area contributed by atoms with E-state index in [2.05, 4.69) is 27.3 Å². The van der Waals surface area contributed by atoms with Crippen molar-refractivity contribution in [2.24, 2.45) is 5.92 Å². The van der Waals surface area contributed by atoms with Crippen molar-refractivity contribution in [1.82, 2.24) is 15.2 Å². The van der Waals surface area contributed by atoms with Crippen molar-refractivity contribution >= 4 is 5.91 Å². The maximum Gasteiger partial charge on any atom is 0.251 e. The molecule has 0 spiro atoms. The Bertz CT molecular complexity index is 1250. The molecule has 2 heterocycles. The van der Waals surface area contributed by atoms with Crippen molar-refractivity contribution in [2.45, 2.75) is 58.7 Å². The normalized spacial score (nSPS) is 20.8. The minimum absolute atomic E-state index is 0.0151. The number of rotatable bonds is 9.